The Labute approximate surface area is 132 Å². The van der Waals surface area contributed by atoms with Gasteiger partial charge in [-0.05, 0) is 24.6 Å². The molecule has 22 heavy (non-hydrogen) atoms. The Balaban J connectivity index is 2.56. The zero-order chi connectivity index (χ0) is 16.3. The van der Waals surface area contributed by atoms with Crippen molar-refractivity contribution in [3.8, 4) is 6.07 Å². The van der Waals surface area contributed by atoms with E-state index < -0.39 is 11.7 Å². The lowest BCUT2D eigenvalue weighted by atomic mass is 9.94. The van der Waals surface area contributed by atoms with Gasteiger partial charge in [0.2, 0.25) is 0 Å². The molecule has 2 rings (SSSR count). The molecule has 0 bridgehead atoms. The maximum Gasteiger partial charge on any atom is 0.254 e. The first-order chi connectivity index (χ1) is 10.4. The molecular weight excluding hydrogens is 301 g/mol. The topological polar surface area (TPSA) is 69.5 Å². The third-order valence-electron chi connectivity index (χ3n) is 3.10. The molecular formula is C16H16FN3OS. The molecule has 4 nitrogen and oxygen atoms in total. The van der Waals surface area contributed by atoms with Crippen LogP contribution >= 0.6 is 11.8 Å². The van der Waals surface area contributed by atoms with Crippen molar-refractivity contribution in [1.82, 2.24) is 9.97 Å². The second-order valence-corrected chi connectivity index (χ2v) is 6.73. The van der Waals surface area contributed by atoms with Gasteiger partial charge in [-0.3, -0.25) is 4.79 Å². The Morgan fingerprint density at radius 3 is 2.73 bits per heavy atom. The van der Waals surface area contributed by atoms with Crippen LogP contribution in [0.5, 0.6) is 0 Å². The Bertz CT molecular complexity index is 780. The van der Waals surface area contributed by atoms with Crippen molar-refractivity contribution in [3.05, 3.63) is 57.3 Å². The number of halogens is 1. The Morgan fingerprint density at radius 1 is 1.41 bits per heavy atom. The van der Waals surface area contributed by atoms with Crippen LogP contribution in [0, 0.1) is 24.1 Å². The van der Waals surface area contributed by atoms with Crippen LogP contribution < -0.4 is 5.56 Å². The second kappa shape index (κ2) is 6.75. The average Bonchev–Trinajstić information content (AvgIpc) is 2.44. The van der Waals surface area contributed by atoms with E-state index in [9.17, 15) is 14.4 Å². The van der Waals surface area contributed by atoms with Crippen LogP contribution in [0.1, 0.15) is 36.6 Å². The number of hydrogen-bond acceptors (Lipinski definition) is 4. The summed E-state index contributed by atoms with van der Waals surface area (Å²) in [6.07, 6.45) is 0. The lowest BCUT2D eigenvalue weighted by molar-refractivity contribution is 0.625. The molecule has 0 amide bonds. The van der Waals surface area contributed by atoms with E-state index >= 15 is 0 Å². The van der Waals surface area contributed by atoms with E-state index in [4.69, 9.17) is 0 Å². The summed E-state index contributed by atoms with van der Waals surface area (Å²) in [6.45, 7) is 5.59. The van der Waals surface area contributed by atoms with Crippen molar-refractivity contribution in [2.24, 2.45) is 0 Å². The molecule has 0 aliphatic heterocycles. The zero-order valence-electron chi connectivity index (χ0n) is 12.6. The van der Waals surface area contributed by atoms with Gasteiger partial charge in [0.25, 0.3) is 5.56 Å². The van der Waals surface area contributed by atoms with Gasteiger partial charge >= 0.3 is 0 Å². The summed E-state index contributed by atoms with van der Waals surface area (Å²) in [5.41, 5.74) is 0.970. The lowest BCUT2D eigenvalue weighted by Crippen LogP contribution is -2.18. The van der Waals surface area contributed by atoms with Crippen LogP contribution in [0.15, 0.2) is 34.2 Å². The predicted octanol–water partition coefficient (Wildman–Crippen LogP) is 3.37. The van der Waals surface area contributed by atoms with E-state index in [0.29, 0.717) is 22.0 Å². The van der Waals surface area contributed by atoms with Crippen LogP contribution in [0.25, 0.3) is 0 Å². The van der Waals surface area contributed by atoms with Gasteiger partial charge in [0, 0.05) is 10.8 Å². The fourth-order valence-corrected chi connectivity index (χ4v) is 2.82. The van der Waals surface area contributed by atoms with Crippen LogP contribution in [-0.4, -0.2) is 15.2 Å². The van der Waals surface area contributed by atoms with Gasteiger partial charge in [-0.15, -0.1) is 0 Å². The molecule has 0 spiro atoms. The molecule has 1 aromatic carbocycles. The average molecular weight is 317 g/mol. The van der Waals surface area contributed by atoms with Gasteiger partial charge in [0.1, 0.15) is 11.7 Å². The molecule has 2 aromatic rings. The minimum absolute atomic E-state index is 0.244. The smallest absolute Gasteiger partial charge is 0.254 e. The van der Waals surface area contributed by atoms with Gasteiger partial charge in [0.15, 0.2) is 5.16 Å². The SMILES string of the molecule is Cc1c(C(C#N)c2cccc(F)c2)nc(SC(C)C)[nH]c1=O. The van der Waals surface area contributed by atoms with E-state index in [1.165, 1.54) is 23.9 Å². The van der Waals surface area contributed by atoms with Crippen molar-refractivity contribution >= 4 is 11.8 Å². The summed E-state index contributed by atoms with van der Waals surface area (Å²) >= 11 is 1.41. The van der Waals surface area contributed by atoms with Crippen LogP contribution in [0.4, 0.5) is 4.39 Å². The summed E-state index contributed by atoms with van der Waals surface area (Å²) in [4.78, 5) is 19.2. The van der Waals surface area contributed by atoms with Crippen molar-refractivity contribution in [1.29, 1.82) is 5.26 Å². The normalized spacial score (nSPS) is 12.2. The van der Waals surface area contributed by atoms with Gasteiger partial charge in [-0.25, -0.2) is 9.37 Å². The first-order valence-electron chi connectivity index (χ1n) is 6.85. The number of benzene rings is 1. The Morgan fingerprint density at radius 2 is 2.14 bits per heavy atom. The van der Waals surface area contributed by atoms with Crippen molar-refractivity contribution in [2.45, 2.75) is 37.1 Å². The molecule has 1 aromatic heterocycles. The number of nitrogens with zero attached hydrogens (tertiary/aromatic N) is 2. The number of thioether (sulfide) groups is 1. The maximum absolute atomic E-state index is 13.4. The number of hydrogen-bond donors (Lipinski definition) is 1. The first kappa shape index (κ1) is 16.2. The van der Waals surface area contributed by atoms with E-state index in [-0.39, 0.29) is 10.8 Å². The molecule has 1 N–H and O–H groups in total. The van der Waals surface area contributed by atoms with E-state index in [1.54, 1.807) is 19.1 Å². The molecule has 1 atom stereocenters. The molecule has 0 fully saturated rings. The summed E-state index contributed by atoms with van der Waals surface area (Å²) in [7, 11) is 0. The molecule has 1 heterocycles. The standard InChI is InChI=1S/C16H16FN3OS/c1-9(2)22-16-19-14(10(3)15(21)20-16)13(8-18)11-5-4-6-12(17)7-11/h4-7,9,13H,1-3H3,(H,19,20,21). The summed E-state index contributed by atoms with van der Waals surface area (Å²) in [5.74, 6) is -1.19. The highest BCUT2D eigenvalue weighted by Gasteiger charge is 2.21. The van der Waals surface area contributed by atoms with E-state index in [1.807, 2.05) is 13.8 Å². The Hall–Kier alpha value is -2.13. The molecule has 6 heteroatoms. The molecule has 0 saturated heterocycles. The van der Waals surface area contributed by atoms with Crippen LogP contribution in [0.2, 0.25) is 0 Å². The van der Waals surface area contributed by atoms with Crippen molar-refractivity contribution in [3.63, 3.8) is 0 Å². The molecule has 0 aliphatic rings. The predicted molar refractivity (Wildman–Crippen MR) is 84.4 cm³/mol. The summed E-state index contributed by atoms with van der Waals surface area (Å²) in [5, 5.41) is 10.2. The van der Waals surface area contributed by atoms with Crippen LogP contribution in [0.3, 0.4) is 0 Å². The molecule has 1 unspecified atom stereocenters. The number of rotatable bonds is 4. The third-order valence-corrected chi connectivity index (χ3v) is 3.99. The van der Waals surface area contributed by atoms with Gasteiger partial charge in [0.05, 0.1) is 11.8 Å². The van der Waals surface area contributed by atoms with Gasteiger partial charge in [-0.2, -0.15) is 5.26 Å². The number of aromatic nitrogens is 2. The van der Waals surface area contributed by atoms with E-state index in [0.717, 1.165) is 0 Å². The Kier molecular flexibility index (Phi) is 4.99. The highest BCUT2D eigenvalue weighted by Crippen LogP contribution is 2.26. The summed E-state index contributed by atoms with van der Waals surface area (Å²) < 4.78 is 13.4. The van der Waals surface area contributed by atoms with E-state index in [2.05, 4.69) is 16.0 Å². The largest absolute Gasteiger partial charge is 0.301 e. The monoisotopic (exact) mass is 317 g/mol. The van der Waals surface area contributed by atoms with Crippen molar-refractivity contribution < 1.29 is 4.39 Å². The molecule has 0 radical (unpaired) electrons. The number of aromatic amines is 1. The quantitative estimate of drug-likeness (QED) is 0.693. The molecule has 0 saturated carbocycles. The maximum atomic E-state index is 13.4. The molecule has 0 aliphatic carbocycles. The number of nitriles is 1. The number of H-pyrrole nitrogens is 1. The minimum atomic E-state index is -0.774. The minimum Gasteiger partial charge on any atom is -0.301 e. The fourth-order valence-electron chi connectivity index (χ4n) is 2.07. The lowest BCUT2D eigenvalue weighted by Gasteiger charge is -2.13. The highest BCUT2D eigenvalue weighted by atomic mass is 32.2. The van der Waals surface area contributed by atoms with Crippen molar-refractivity contribution in [2.75, 3.05) is 0 Å². The fraction of sp³-hybridized carbons (Fsp3) is 0.312. The molecule has 114 valence electrons. The first-order valence-corrected chi connectivity index (χ1v) is 7.73. The summed E-state index contributed by atoms with van der Waals surface area (Å²) in [6, 6.07) is 7.94. The van der Waals surface area contributed by atoms with Gasteiger partial charge in [-0.1, -0.05) is 37.7 Å². The second-order valence-electron chi connectivity index (χ2n) is 5.17. The highest BCUT2D eigenvalue weighted by molar-refractivity contribution is 7.99. The third kappa shape index (κ3) is 3.55. The zero-order valence-corrected chi connectivity index (χ0v) is 13.4. The van der Waals surface area contributed by atoms with Crippen LogP contribution in [-0.2, 0) is 0 Å². The van der Waals surface area contributed by atoms with Gasteiger partial charge < -0.3 is 4.98 Å². The number of nitrogens with one attached hydrogen (secondary N) is 1.